The van der Waals surface area contributed by atoms with Crippen LogP contribution in [0.3, 0.4) is 0 Å². The lowest BCUT2D eigenvalue weighted by molar-refractivity contribution is 0.532. The minimum absolute atomic E-state index is 0.0679. The summed E-state index contributed by atoms with van der Waals surface area (Å²) in [5.41, 5.74) is 4.06. The number of nitrogens with zero attached hydrogens (tertiary/aromatic N) is 7. The highest BCUT2D eigenvalue weighted by molar-refractivity contribution is 5.79. The molecule has 166 valence electrons. The molecule has 8 heteroatoms. The van der Waals surface area contributed by atoms with Gasteiger partial charge in [-0.15, -0.1) is 10.2 Å². The second-order valence-electron chi connectivity index (χ2n) is 9.07. The van der Waals surface area contributed by atoms with E-state index in [1.54, 1.807) is 12.4 Å². The first-order valence-corrected chi connectivity index (χ1v) is 11.2. The summed E-state index contributed by atoms with van der Waals surface area (Å²) in [6, 6.07) is 10.5. The van der Waals surface area contributed by atoms with Gasteiger partial charge < -0.3 is 0 Å². The lowest BCUT2D eigenvalue weighted by atomic mass is 9.96. The van der Waals surface area contributed by atoms with Crippen LogP contribution in [0.4, 0.5) is 0 Å². The second kappa shape index (κ2) is 9.38. The van der Waals surface area contributed by atoms with Gasteiger partial charge in [0.15, 0.2) is 5.82 Å². The molecule has 3 aromatic heterocycles. The summed E-state index contributed by atoms with van der Waals surface area (Å²) in [4.78, 5) is 9.10. The number of aryl methyl sites for hydroxylation is 1. The molecule has 3 heterocycles. The summed E-state index contributed by atoms with van der Waals surface area (Å²) in [5.74, 6) is 2.51. The number of aromatic nitrogens is 8. The summed E-state index contributed by atoms with van der Waals surface area (Å²) in [6.45, 7) is 9.41. The highest BCUT2D eigenvalue weighted by Gasteiger charge is 2.22. The van der Waals surface area contributed by atoms with E-state index in [9.17, 15) is 0 Å². The van der Waals surface area contributed by atoms with E-state index in [4.69, 9.17) is 10.1 Å². The molecule has 0 atom stereocenters. The number of aromatic amines is 1. The first-order valence-electron chi connectivity index (χ1n) is 11.2. The number of pyridine rings is 1. The second-order valence-corrected chi connectivity index (χ2v) is 9.07. The maximum Gasteiger partial charge on any atom is 0.206 e. The molecule has 0 aliphatic carbocycles. The van der Waals surface area contributed by atoms with Gasteiger partial charge in [-0.1, -0.05) is 64.8 Å². The first kappa shape index (κ1) is 21.8. The van der Waals surface area contributed by atoms with Gasteiger partial charge in [-0.05, 0) is 34.4 Å². The van der Waals surface area contributed by atoms with Gasteiger partial charge in [-0.3, -0.25) is 4.98 Å². The Morgan fingerprint density at radius 2 is 1.81 bits per heavy atom. The summed E-state index contributed by atoms with van der Waals surface area (Å²) in [6.07, 6.45) is 8.04. The monoisotopic (exact) mass is 430 g/mol. The lowest BCUT2D eigenvalue weighted by Crippen LogP contribution is -2.14. The Bertz CT molecular complexity index is 1140. The van der Waals surface area contributed by atoms with Crippen molar-refractivity contribution in [1.29, 1.82) is 0 Å². The number of hydrogen-bond donors (Lipinski definition) is 1. The highest BCUT2D eigenvalue weighted by atomic mass is 15.5. The molecule has 4 rings (SSSR count). The Balaban J connectivity index is 1.58. The summed E-state index contributed by atoms with van der Waals surface area (Å²) >= 11 is 0. The van der Waals surface area contributed by atoms with E-state index in [-0.39, 0.29) is 5.41 Å². The van der Waals surface area contributed by atoms with Crippen LogP contribution in [0.5, 0.6) is 0 Å². The molecular formula is C24H30N8. The van der Waals surface area contributed by atoms with Crippen LogP contribution in [-0.4, -0.2) is 40.4 Å². The molecule has 1 aromatic carbocycles. The van der Waals surface area contributed by atoms with Crippen molar-refractivity contribution in [3.63, 3.8) is 0 Å². The van der Waals surface area contributed by atoms with Crippen LogP contribution in [-0.2, 0) is 18.4 Å². The van der Waals surface area contributed by atoms with Gasteiger partial charge in [0.1, 0.15) is 5.82 Å². The molecule has 0 fully saturated rings. The maximum atomic E-state index is 4.88. The predicted octanol–water partition coefficient (Wildman–Crippen LogP) is 4.60. The standard InChI is InChI=1S/C24H30N8/c1-5-6-7-8-21-26-23(24(2,3)4)29-32(21)16-17-9-11-18(12-10-17)19-13-14-25-15-20(19)22-27-30-31-28-22/h9-15H,5-8,16H2,1-4H3,(H,27,28,30,31). The average Bonchev–Trinajstić information content (AvgIpc) is 3.45. The molecule has 0 saturated heterocycles. The van der Waals surface area contributed by atoms with Crippen LogP contribution in [0.2, 0.25) is 0 Å². The molecule has 0 spiro atoms. The Kier molecular flexibility index (Phi) is 6.39. The van der Waals surface area contributed by atoms with Crippen LogP contribution in [0.15, 0.2) is 42.7 Å². The Hall–Kier alpha value is -3.42. The molecule has 0 unspecified atom stereocenters. The van der Waals surface area contributed by atoms with Crippen molar-refractivity contribution in [1.82, 2.24) is 40.4 Å². The molecule has 0 aliphatic rings. The largest absolute Gasteiger partial charge is 0.264 e. The molecule has 0 radical (unpaired) electrons. The fourth-order valence-corrected chi connectivity index (χ4v) is 3.60. The van der Waals surface area contributed by atoms with Gasteiger partial charge in [-0.25, -0.2) is 9.67 Å². The van der Waals surface area contributed by atoms with Crippen molar-refractivity contribution < 1.29 is 0 Å². The van der Waals surface area contributed by atoms with Gasteiger partial charge in [0.2, 0.25) is 5.82 Å². The molecule has 32 heavy (non-hydrogen) atoms. The number of benzene rings is 1. The SMILES string of the molecule is CCCCCc1nc(C(C)(C)C)nn1Cc1ccc(-c2ccncc2-c2nn[nH]n2)cc1. The zero-order valence-electron chi connectivity index (χ0n) is 19.2. The fourth-order valence-electron chi connectivity index (χ4n) is 3.60. The minimum atomic E-state index is -0.0679. The van der Waals surface area contributed by atoms with Crippen LogP contribution in [0, 0.1) is 0 Å². The van der Waals surface area contributed by atoms with Crippen molar-refractivity contribution in [2.75, 3.05) is 0 Å². The third-order valence-corrected chi connectivity index (χ3v) is 5.43. The number of unbranched alkanes of at least 4 members (excludes halogenated alkanes) is 2. The van der Waals surface area contributed by atoms with Crippen molar-refractivity contribution in [3.05, 3.63) is 59.9 Å². The van der Waals surface area contributed by atoms with Crippen molar-refractivity contribution in [3.8, 4) is 22.5 Å². The van der Waals surface area contributed by atoms with Crippen LogP contribution < -0.4 is 0 Å². The molecule has 4 aromatic rings. The van der Waals surface area contributed by atoms with E-state index in [0.29, 0.717) is 12.4 Å². The summed E-state index contributed by atoms with van der Waals surface area (Å²) in [5, 5.41) is 19.2. The van der Waals surface area contributed by atoms with Gasteiger partial charge >= 0.3 is 0 Å². The molecular weight excluding hydrogens is 400 g/mol. The third kappa shape index (κ3) is 4.90. The normalized spacial score (nSPS) is 11.8. The minimum Gasteiger partial charge on any atom is -0.264 e. The van der Waals surface area contributed by atoms with Gasteiger partial charge in [-0.2, -0.15) is 10.3 Å². The predicted molar refractivity (Wildman–Crippen MR) is 124 cm³/mol. The van der Waals surface area contributed by atoms with Crippen molar-refractivity contribution in [2.45, 2.75) is 65.3 Å². The zero-order chi connectivity index (χ0) is 22.6. The molecule has 0 aliphatic heterocycles. The average molecular weight is 431 g/mol. The van der Waals surface area contributed by atoms with Gasteiger partial charge in [0.25, 0.3) is 0 Å². The quantitative estimate of drug-likeness (QED) is 0.410. The summed E-state index contributed by atoms with van der Waals surface area (Å²) in [7, 11) is 0. The molecule has 8 nitrogen and oxygen atoms in total. The molecule has 0 saturated carbocycles. The van der Waals surface area contributed by atoms with E-state index in [2.05, 4.69) is 82.3 Å². The number of tetrazole rings is 1. The zero-order valence-corrected chi connectivity index (χ0v) is 19.2. The molecule has 1 N–H and O–H groups in total. The number of H-pyrrole nitrogens is 1. The Morgan fingerprint density at radius 1 is 1.00 bits per heavy atom. The van der Waals surface area contributed by atoms with E-state index < -0.39 is 0 Å². The van der Waals surface area contributed by atoms with E-state index in [1.807, 2.05) is 6.07 Å². The lowest BCUT2D eigenvalue weighted by Gasteiger charge is -2.12. The van der Waals surface area contributed by atoms with E-state index in [0.717, 1.165) is 41.2 Å². The van der Waals surface area contributed by atoms with Crippen molar-refractivity contribution in [2.24, 2.45) is 0 Å². The van der Waals surface area contributed by atoms with Crippen LogP contribution in [0.1, 0.15) is 64.2 Å². The Labute approximate surface area is 188 Å². The first-order chi connectivity index (χ1) is 15.5. The van der Waals surface area contributed by atoms with Gasteiger partial charge in [0.05, 0.1) is 6.54 Å². The maximum absolute atomic E-state index is 4.88. The fraction of sp³-hybridized carbons (Fsp3) is 0.417. The highest BCUT2D eigenvalue weighted by Crippen LogP contribution is 2.29. The number of rotatable bonds is 8. The van der Waals surface area contributed by atoms with Crippen LogP contribution in [0.25, 0.3) is 22.5 Å². The molecule has 0 amide bonds. The van der Waals surface area contributed by atoms with Gasteiger partial charge in [0, 0.05) is 29.8 Å². The smallest absolute Gasteiger partial charge is 0.206 e. The molecule has 0 bridgehead atoms. The van der Waals surface area contributed by atoms with Crippen LogP contribution >= 0.6 is 0 Å². The topological polar surface area (TPSA) is 98.1 Å². The van der Waals surface area contributed by atoms with E-state index in [1.165, 1.54) is 18.4 Å². The summed E-state index contributed by atoms with van der Waals surface area (Å²) < 4.78 is 2.07. The third-order valence-electron chi connectivity index (χ3n) is 5.43. The number of hydrogen-bond acceptors (Lipinski definition) is 6. The Morgan fingerprint density at radius 3 is 2.50 bits per heavy atom. The van der Waals surface area contributed by atoms with Crippen molar-refractivity contribution >= 4 is 0 Å². The van der Waals surface area contributed by atoms with E-state index >= 15 is 0 Å². The number of nitrogens with one attached hydrogen (secondary N) is 1.